The number of hydrogen-bond donors (Lipinski definition) is 2. The Morgan fingerprint density at radius 3 is 2.62 bits per heavy atom. The van der Waals surface area contributed by atoms with E-state index in [-0.39, 0.29) is 0 Å². The van der Waals surface area contributed by atoms with Crippen LogP contribution < -0.4 is 16.7 Å². The molecule has 0 saturated carbocycles. The summed E-state index contributed by atoms with van der Waals surface area (Å²) in [5.74, 6) is 0.313. The van der Waals surface area contributed by atoms with Gasteiger partial charge in [-0.1, -0.05) is 36.4 Å². The van der Waals surface area contributed by atoms with E-state index < -0.39 is 11.9 Å². The first-order valence-corrected chi connectivity index (χ1v) is 8.00. The highest BCUT2D eigenvalue weighted by Gasteiger charge is 2.15. The first kappa shape index (κ1) is 15.9. The van der Waals surface area contributed by atoms with Crippen molar-refractivity contribution in [1.29, 1.82) is 0 Å². The molecular weight excluding hydrogens is 330 g/mol. The molecule has 0 fully saturated rings. The SMILES string of the molecule is NC1N=C(Nc2ccccc2)N=CC(c2cc3ccccc3oc2=O)=N1. The minimum Gasteiger partial charge on any atom is -0.422 e. The zero-order chi connectivity index (χ0) is 17.9. The number of benzene rings is 2. The van der Waals surface area contributed by atoms with E-state index in [0.29, 0.717) is 22.8 Å². The molecule has 3 aromatic rings. The summed E-state index contributed by atoms with van der Waals surface area (Å²) in [6, 6.07) is 18.4. The molecule has 1 unspecified atom stereocenters. The van der Waals surface area contributed by atoms with Gasteiger partial charge in [0.2, 0.25) is 5.96 Å². The number of aliphatic imine (C=N–C) groups is 3. The Morgan fingerprint density at radius 1 is 1.00 bits per heavy atom. The van der Waals surface area contributed by atoms with Gasteiger partial charge in [-0.05, 0) is 24.3 Å². The molecule has 128 valence electrons. The lowest BCUT2D eigenvalue weighted by Gasteiger charge is -2.05. The van der Waals surface area contributed by atoms with Crippen molar-refractivity contribution >= 4 is 34.5 Å². The summed E-state index contributed by atoms with van der Waals surface area (Å²) in [6.07, 6.45) is 0.576. The number of hydrogen-bond acceptors (Lipinski definition) is 7. The van der Waals surface area contributed by atoms with Gasteiger partial charge in [-0.2, -0.15) is 0 Å². The summed E-state index contributed by atoms with van der Waals surface area (Å²) in [5, 5.41) is 3.86. The van der Waals surface area contributed by atoms with Crippen LogP contribution in [0.4, 0.5) is 5.69 Å². The molecule has 4 rings (SSSR count). The molecule has 1 aliphatic rings. The maximum atomic E-state index is 12.3. The van der Waals surface area contributed by atoms with Crippen LogP contribution in [0.5, 0.6) is 0 Å². The molecule has 3 N–H and O–H groups in total. The van der Waals surface area contributed by atoms with Gasteiger partial charge in [-0.15, -0.1) is 0 Å². The largest absolute Gasteiger partial charge is 0.422 e. The van der Waals surface area contributed by atoms with Crippen LogP contribution in [0.1, 0.15) is 5.56 Å². The number of rotatable bonds is 2. The van der Waals surface area contributed by atoms with Crippen LogP contribution in [0.15, 0.2) is 84.9 Å². The average molecular weight is 345 g/mol. The molecule has 1 atom stereocenters. The lowest BCUT2D eigenvalue weighted by atomic mass is 10.1. The fourth-order valence-corrected chi connectivity index (χ4v) is 2.58. The Balaban J connectivity index is 1.68. The van der Waals surface area contributed by atoms with Crippen LogP contribution in [0.2, 0.25) is 0 Å². The third kappa shape index (κ3) is 3.28. The molecule has 7 heteroatoms. The molecule has 2 aromatic carbocycles. The van der Waals surface area contributed by atoms with Gasteiger partial charge in [0, 0.05) is 11.1 Å². The number of para-hydroxylation sites is 2. The number of anilines is 1. The fraction of sp³-hybridized carbons (Fsp3) is 0.0526. The van der Waals surface area contributed by atoms with Crippen molar-refractivity contribution in [3.05, 3.63) is 76.6 Å². The van der Waals surface area contributed by atoms with Crippen LogP contribution in [0.25, 0.3) is 11.0 Å². The zero-order valence-electron chi connectivity index (χ0n) is 13.7. The number of fused-ring (bicyclic) bond motifs is 1. The summed E-state index contributed by atoms with van der Waals surface area (Å²) in [6.45, 7) is 0. The number of nitrogens with one attached hydrogen (secondary N) is 1. The first-order chi connectivity index (χ1) is 12.7. The molecular formula is C19H15N5O2. The van der Waals surface area contributed by atoms with Crippen molar-refractivity contribution in [3.8, 4) is 0 Å². The van der Waals surface area contributed by atoms with Crippen molar-refractivity contribution in [2.45, 2.75) is 6.29 Å². The minimum absolute atomic E-state index is 0.291. The van der Waals surface area contributed by atoms with Crippen LogP contribution in [0.3, 0.4) is 0 Å². The van der Waals surface area contributed by atoms with Crippen molar-refractivity contribution in [1.82, 2.24) is 0 Å². The lowest BCUT2D eigenvalue weighted by molar-refractivity contribution is 0.559. The van der Waals surface area contributed by atoms with Crippen molar-refractivity contribution < 1.29 is 4.42 Å². The van der Waals surface area contributed by atoms with Crippen molar-refractivity contribution in [2.75, 3.05) is 5.32 Å². The molecule has 0 aliphatic carbocycles. The Kier molecular flexibility index (Phi) is 4.12. The summed E-state index contributed by atoms with van der Waals surface area (Å²) in [4.78, 5) is 25.1. The van der Waals surface area contributed by atoms with Crippen LogP contribution in [0, 0.1) is 0 Å². The van der Waals surface area contributed by atoms with Crippen LogP contribution in [-0.2, 0) is 0 Å². The monoisotopic (exact) mass is 345 g/mol. The van der Waals surface area contributed by atoms with Gasteiger partial charge < -0.3 is 9.73 Å². The zero-order valence-corrected chi connectivity index (χ0v) is 13.7. The summed E-state index contributed by atoms with van der Waals surface area (Å²) in [7, 11) is 0. The standard InChI is InChI=1S/C19H15N5O2/c20-18-23-15(11-21-19(24-18)22-13-7-2-1-3-8-13)14-10-12-6-4-5-9-16(12)26-17(14)25/h1-11,18H,20H2,(H,22,24). The molecule has 0 spiro atoms. The predicted molar refractivity (Wildman–Crippen MR) is 103 cm³/mol. The maximum absolute atomic E-state index is 12.3. The average Bonchev–Trinajstić information content (AvgIpc) is 2.83. The number of guanidine groups is 1. The lowest BCUT2D eigenvalue weighted by Crippen LogP contribution is -2.21. The molecule has 0 amide bonds. The van der Waals surface area contributed by atoms with Crippen LogP contribution in [-0.4, -0.2) is 24.2 Å². The fourth-order valence-electron chi connectivity index (χ4n) is 2.58. The topological polar surface area (TPSA) is 105 Å². The smallest absolute Gasteiger partial charge is 0.345 e. The minimum atomic E-state index is -0.885. The van der Waals surface area contributed by atoms with E-state index in [1.165, 1.54) is 6.21 Å². The van der Waals surface area contributed by atoms with E-state index in [1.54, 1.807) is 18.2 Å². The van der Waals surface area contributed by atoms with Gasteiger partial charge in [0.05, 0.1) is 17.5 Å². The van der Waals surface area contributed by atoms with Crippen LogP contribution >= 0.6 is 0 Å². The second kappa shape index (κ2) is 6.73. The summed E-state index contributed by atoms with van der Waals surface area (Å²) >= 11 is 0. The normalized spacial score (nSPS) is 16.7. The highest BCUT2D eigenvalue weighted by atomic mass is 16.4. The molecule has 0 bridgehead atoms. The van der Waals surface area contributed by atoms with Gasteiger partial charge in [0.1, 0.15) is 5.58 Å². The molecule has 1 aliphatic heterocycles. The first-order valence-electron chi connectivity index (χ1n) is 8.00. The Labute approximate surface area is 148 Å². The van der Waals surface area contributed by atoms with Gasteiger partial charge in [-0.25, -0.2) is 19.8 Å². The second-order valence-electron chi connectivity index (χ2n) is 5.62. The predicted octanol–water partition coefficient (Wildman–Crippen LogP) is 2.38. The van der Waals surface area contributed by atoms with Gasteiger partial charge >= 0.3 is 5.63 Å². The van der Waals surface area contributed by atoms with Crippen molar-refractivity contribution in [2.24, 2.45) is 20.7 Å². The summed E-state index contributed by atoms with van der Waals surface area (Å²) in [5.41, 5.74) is 7.39. The quantitative estimate of drug-likeness (QED) is 0.696. The second-order valence-corrected chi connectivity index (χ2v) is 5.62. The molecule has 0 radical (unpaired) electrons. The van der Waals surface area contributed by atoms with E-state index in [2.05, 4.69) is 20.3 Å². The molecule has 0 saturated heterocycles. The number of nitrogens with zero attached hydrogens (tertiary/aromatic N) is 3. The Bertz CT molecular complexity index is 1100. The number of nitrogens with two attached hydrogens (primary N) is 1. The maximum Gasteiger partial charge on any atom is 0.345 e. The van der Waals surface area contributed by atoms with Gasteiger partial charge in [0.25, 0.3) is 0 Å². The van der Waals surface area contributed by atoms with E-state index in [1.807, 2.05) is 42.5 Å². The van der Waals surface area contributed by atoms with Gasteiger partial charge in [0.15, 0.2) is 6.29 Å². The Morgan fingerprint density at radius 2 is 1.77 bits per heavy atom. The van der Waals surface area contributed by atoms with Gasteiger partial charge in [-0.3, -0.25) is 5.73 Å². The van der Waals surface area contributed by atoms with E-state index in [0.717, 1.165) is 11.1 Å². The third-order valence-corrected chi connectivity index (χ3v) is 3.78. The molecule has 26 heavy (non-hydrogen) atoms. The molecule has 2 heterocycles. The van der Waals surface area contributed by atoms with E-state index >= 15 is 0 Å². The van der Waals surface area contributed by atoms with E-state index in [9.17, 15) is 4.79 Å². The van der Waals surface area contributed by atoms with Crippen molar-refractivity contribution in [3.63, 3.8) is 0 Å². The molecule has 7 nitrogen and oxygen atoms in total. The molecule has 1 aromatic heterocycles. The Hall–Kier alpha value is -3.58. The highest BCUT2D eigenvalue weighted by Crippen LogP contribution is 2.14. The summed E-state index contributed by atoms with van der Waals surface area (Å²) < 4.78 is 5.35. The van der Waals surface area contributed by atoms with E-state index in [4.69, 9.17) is 10.2 Å². The third-order valence-electron chi connectivity index (χ3n) is 3.78. The highest BCUT2D eigenvalue weighted by molar-refractivity contribution is 6.40.